The molecule has 2 unspecified atom stereocenters. The van der Waals surface area contributed by atoms with E-state index in [4.69, 9.17) is 9.15 Å². The predicted octanol–water partition coefficient (Wildman–Crippen LogP) is 3.17. The first-order valence-corrected chi connectivity index (χ1v) is 7.11. The van der Waals surface area contributed by atoms with Crippen molar-refractivity contribution < 1.29 is 9.15 Å². The molecule has 1 aromatic heterocycles. The summed E-state index contributed by atoms with van der Waals surface area (Å²) in [5, 5.41) is 3.53. The Morgan fingerprint density at radius 2 is 2.22 bits per heavy atom. The van der Waals surface area contributed by atoms with Crippen molar-refractivity contribution in [3.63, 3.8) is 0 Å². The zero-order chi connectivity index (χ0) is 13.0. The van der Waals surface area contributed by atoms with Crippen molar-refractivity contribution in [3.8, 4) is 0 Å². The zero-order valence-electron chi connectivity index (χ0n) is 11.7. The van der Waals surface area contributed by atoms with E-state index >= 15 is 0 Å². The molecule has 102 valence electrons. The number of rotatable bonds is 6. The van der Waals surface area contributed by atoms with Crippen molar-refractivity contribution in [2.45, 2.75) is 39.7 Å². The van der Waals surface area contributed by atoms with Gasteiger partial charge in [-0.3, -0.25) is 0 Å². The molecule has 2 atom stereocenters. The number of furan rings is 1. The van der Waals surface area contributed by atoms with Gasteiger partial charge in [0, 0.05) is 25.5 Å². The van der Waals surface area contributed by atoms with Crippen LogP contribution in [-0.4, -0.2) is 19.7 Å². The first-order valence-electron chi connectivity index (χ1n) is 7.11. The maximum absolute atomic E-state index is 5.83. The highest BCUT2D eigenvalue weighted by molar-refractivity contribution is 5.11. The third-order valence-corrected chi connectivity index (χ3v) is 3.48. The molecule has 1 fully saturated rings. The number of ether oxygens (including phenoxy) is 1. The molecule has 0 saturated carbocycles. The van der Waals surface area contributed by atoms with Crippen LogP contribution in [0.5, 0.6) is 0 Å². The molecule has 0 spiro atoms. The first kappa shape index (κ1) is 13.6. The van der Waals surface area contributed by atoms with E-state index in [-0.39, 0.29) is 6.10 Å². The second-order valence-electron chi connectivity index (χ2n) is 5.55. The van der Waals surface area contributed by atoms with Gasteiger partial charge in [0.1, 0.15) is 17.6 Å². The summed E-state index contributed by atoms with van der Waals surface area (Å²) in [5.41, 5.74) is 0. The lowest BCUT2D eigenvalue weighted by Gasteiger charge is -2.17. The summed E-state index contributed by atoms with van der Waals surface area (Å²) in [6.07, 6.45) is 2.21. The molecule has 0 aliphatic carbocycles. The van der Waals surface area contributed by atoms with Gasteiger partial charge in [-0.2, -0.15) is 0 Å². The topological polar surface area (TPSA) is 34.4 Å². The number of aryl methyl sites for hydroxylation is 1. The second-order valence-corrected chi connectivity index (χ2v) is 5.55. The van der Waals surface area contributed by atoms with Crippen LogP contribution in [0.1, 0.15) is 44.8 Å². The van der Waals surface area contributed by atoms with E-state index in [9.17, 15) is 0 Å². The first-order chi connectivity index (χ1) is 8.70. The molecule has 0 radical (unpaired) electrons. The Balaban J connectivity index is 1.90. The molecule has 1 N–H and O–H groups in total. The maximum atomic E-state index is 5.83. The summed E-state index contributed by atoms with van der Waals surface area (Å²) in [6, 6.07) is 4.14. The molecular weight excluding hydrogens is 226 g/mol. The molecule has 0 amide bonds. The molecule has 1 aliphatic heterocycles. The predicted molar refractivity (Wildman–Crippen MR) is 72.6 cm³/mol. The summed E-state index contributed by atoms with van der Waals surface area (Å²) in [5.74, 6) is 3.29. The van der Waals surface area contributed by atoms with Crippen molar-refractivity contribution in [1.82, 2.24) is 5.32 Å². The molecule has 3 heteroatoms. The van der Waals surface area contributed by atoms with Gasteiger partial charge in [-0.25, -0.2) is 0 Å². The smallest absolute Gasteiger partial charge is 0.133 e. The summed E-state index contributed by atoms with van der Waals surface area (Å²) in [7, 11) is 0. The van der Waals surface area contributed by atoms with E-state index in [1.807, 2.05) is 0 Å². The molecule has 2 rings (SSSR count). The Kier molecular flexibility index (Phi) is 4.84. The van der Waals surface area contributed by atoms with Crippen LogP contribution in [0.15, 0.2) is 16.5 Å². The van der Waals surface area contributed by atoms with Gasteiger partial charge in [0.15, 0.2) is 0 Å². The Morgan fingerprint density at radius 3 is 2.89 bits per heavy atom. The Labute approximate surface area is 110 Å². The van der Waals surface area contributed by atoms with Crippen molar-refractivity contribution in [2.75, 3.05) is 19.7 Å². The molecule has 1 aliphatic rings. The lowest BCUT2D eigenvalue weighted by atomic mass is 9.99. The average Bonchev–Trinajstić information content (AvgIpc) is 2.95. The minimum Gasteiger partial charge on any atom is -0.463 e. The lowest BCUT2D eigenvalue weighted by molar-refractivity contribution is 0.0710. The summed E-state index contributed by atoms with van der Waals surface area (Å²) in [6.45, 7) is 9.51. The fourth-order valence-electron chi connectivity index (χ4n) is 2.45. The highest BCUT2D eigenvalue weighted by Gasteiger charge is 2.31. The van der Waals surface area contributed by atoms with Crippen molar-refractivity contribution in [3.05, 3.63) is 23.7 Å². The van der Waals surface area contributed by atoms with Gasteiger partial charge in [-0.05, 0) is 31.0 Å². The minimum absolute atomic E-state index is 0.143. The second kappa shape index (κ2) is 6.39. The number of hydrogen-bond acceptors (Lipinski definition) is 3. The van der Waals surface area contributed by atoms with Gasteiger partial charge in [-0.15, -0.1) is 0 Å². The SMILES string of the molecule is CCc1ccc(C2OCCC2CNCC(C)C)o1. The third-order valence-electron chi connectivity index (χ3n) is 3.48. The van der Waals surface area contributed by atoms with E-state index < -0.39 is 0 Å². The molecular formula is C15H25NO2. The third kappa shape index (κ3) is 3.36. The zero-order valence-corrected chi connectivity index (χ0v) is 11.7. The summed E-state index contributed by atoms with van der Waals surface area (Å²) >= 11 is 0. The van der Waals surface area contributed by atoms with Gasteiger partial charge >= 0.3 is 0 Å². The van der Waals surface area contributed by atoms with Crippen molar-refractivity contribution in [1.29, 1.82) is 0 Å². The van der Waals surface area contributed by atoms with E-state index in [1.165, 1.54) is 0 Å². The standard InChI is InChI=1S/C15H25NO2/c1-4-13-5-6-14(18-13)15-12(7-8-17-15)10-16-9-11(2)3/h5-6,11-12,15-16H,4,7-10H2,1-3H3. The largest absolute Gasteiger partial charge is 0.463 e. The average molecular weight is 251 g/mol. The Bertz CT molecular complexity index is 359. The highest BCUT2D eigenvalue weighted by Crippen LogP contribution is 2.35. The monoisotopic (exact) mass is 251 g/mol. The van der Waals surface area contributed by atoms with Gasteiger partial charge in [-0.1, -0.05) is 20.8 Å². The van der Waals surface area contributed by atoms with Gasteiger partial charge < -0.3 is 14.5 Å². The van der Waals surface area contributed by atoms with Crippen LogP contribution < -0.4 is 5.32 Å². The molecule has 0 bridgehead atoms. The molecule has 3 nitrogen and oxygen atoms in total. The van der Waals surface area contributed by atoms with Crippen LogP contribution in [-0.2, 0) is 11.2 Å². The quantitative estimate of drug-likeness (QED) is 0.843. The molecule has 0 aromatic carbocycles. The fourth-order valence-corrected chi connectivity index (χ4v) is 2.45. The van der Waals surface area contributed by atoms with E-state index in [0.717, 1.165) is 44.1 Å². The van der Waals surface area contributed by atoms with Gasteiger partial charge in [0.2, 0.25) is 0 Å². The lowest BCUT2D eigenvalue weighted by Crippen LogP contribution is -2.27. The van der Waals surface area contributed by atoms with Crippen LogP contribution in [0.2, 0.25) is 0 Å². The van der Waals surface area contributed by atoms with Crippen LogP contribution in [0, 0.1) is 11.8 Å². The molecule has 18 heavy (non-hydrogen) atoms. The van der Waals surface area contributed by atoms with E-state index in [0.29, 0.717) is 11.8 Å². The molecule has 1 saturated heterocycles. The van der Waals surface area contributed by atoms with E-state index in [1.54, 1.807) is 0 Å². The summed E-state index contributed by atoms with van der Waals surface area (Å²) < 4.78 is 11.7. The molecule has 2 heterocycles. The van der Waals surface area contributed by atoms with Crippen LogP contribution >= 0.6 is 0 Å². The maximum Gasteiger partial charge on any atom is 0.133 e. The Hall–Kier alpha value is -0.800. The van der Waals surface area contributed by atoms with Gasteiger partial charge in [0.25, 0.3) is 0 Å². The van der Waals surface area contributed by atoms with Crippen LogP contribution in [0.3, 0.4) is 0 Å². The van der Waals surface area contributed by atoms with Crippen molar-refractivity contribution in [2.24, 2.45) is 11.8 Å². The number of nitrogens with one attached hydrogen (secondary N) is 1. The van der Waals surface area contributed by atoms with Gasteiger partial charge in [0.05, 0.1) is 0 Å². The van der Waals surface area contributed by atoms with Crippen LogP contribution in [0.25, 0.3) is 0 Å². The highest BCUT2D eigenvalue weighted by atomic mass is 16.5. The van der Waals surface area contributed by atoms with E-state index in [2.05, 4.69) is 38.2 Å². The normalized spacial score (nSPS) is 24.0. The molecule has 1 aromatic rings. The fraction of sp³-hybridized carbons (Fsp3) is 0.733. The van der Waals surface area contributed by atoms with Crippen molar-refractivity contribution >= 4 is 0 Å². The summed E-state index contributed by atoms with van der Waals surface area (Å²) in [4.78, 5) is 0. The Morgan fingerprint density at radius 1 is 1.39 bits per heavy atom. The van der Waals surface area contributed by atoms with Crippen LogP contribution in [0.4, 0.5) is 0 Å². The number of hydrogen-bond donors (Lipinski definition) is 1. The minimum atomic E-state index is 0.143.